The van der Waals surface area contributed by atoms with Crippen LogP contribution in [0.15, 0.2) is 30.3 Å². The molecule has 5 rings (SSSR count). The minimum Gasteiger partial charge on any atom is -0.396 e. The van der Waals surface area contributed by atoms with Crippen LogP contribution in [-0.4, -0.2) is 75.7 Å². The smallest absolute Gasteiger partial charge is 0.223 e. The first-order valence-electron chi connectivity index (χ1n) is 13.0. The van der Waals surface area contributed by atoms with Crippen LogP contribution in [-0.2, 0) is 16.0 Å². The molecule has 2 aromatic rings. The first kappa shape index (κ1) is 25.4. The number of hydrogen-bond donors (Lipinski definition) is 2. The molecule has 2 fully saturated rings. The maximum absolute atomic E-state index is 13.6. The maximum atomic E-state index is 13.6. The highest BCUT2D eigenvalue weighted by Crippen LogP contribution is 2.63. The molecule has 1 saturated carbocycles. The first-order valence-corrected chi connectivity index (χ1v) is 13.9. The van der Waals surface area contributed by atoms with E-state index in [0.717, 1.165) is 29.1 Å². The summed E-state index contributed by atoms with van der Waals surface area (Å²) in [5, 5.41) is 22.4. The topological polar surface area (TPSA) is 94.0 Å². The SMILES string of the molecule is CC(=O)N1CCN(C(=O)CC2c3nc(-c4ccccc4)sc3CC3C(C)(CO)C(O)CCC23C)CC1. The summed E-state index contributed by atoms with van der Waals surface area (Å²) < 4.78 is 0. The van der Waals surface area contributed by atoms with Crippen LogP contribution in [0.4, 0.5) is 0 Å². The molecular formula is C28H37N3O4S. The number of hydrogen-bond acceptors (Lipinski definition) is 6. The lowest BCUT2D eigenvalue weighted by Gasteiger charge is -2.58. The Morgan fingerprint density at radius 3 is 2.42 bits per heavy atom. The molecule has 1 aromatic carbocycles. The number of benzene rings is 1. The fraction of sp³-hybridized carbons (Fsp3) is 0.607. The van der Waals surface area contributed by atoms with Gasteiger partial charge in [0.2, 0.25) is 11.8 Å². The van der Waals surface area contributed by atoms with E-state index >= 15 is 0 Å². The van der Waals surface area contributed by atoms with Gasteiger partial charge in [-0.1, -0.05) is 44.2 Å². The number of rotatable bonds is 4. The normalized spacial score (nSPS) is 32.1. The van der Waals surface area contributed by atoms with Crippen LogP contribution < -0.4 is 0 Å². The molecular weight excluding hydrogens is 474 g/mol. The highest BCUT2D eigenvalue weighted by atomic mass is 32.1. The van der Waals surface area contributed by atoms with Crippen LogP contribution in [0.25, 0.3) is 10.6 Å². The Labute approximate surface area is 217 Å². The van der Waals surface area contributed by atoms with Crippen molar-refractivity contribution in [1.82, 2.24) is 14.8 Å². The van der Waals surface area contributed by atoms with E-state index in [0.29, 0.717) is 39.0 Å². The number of aromatic nitrogens is 1. The van der Waals surface area contributed by atoms with Crippen molar-refractivity contribution in [1.29, 1.82) is 0 Å². The monoisotopic (exact) mass is 511 g/mol. The van der Waals surface area contributed by atoms with E-state index in [2.05, 4.69) is 19.1 Å². The summed E-state index contributed by atoms with van der Waals surface area (Å²) in [5.74, 6) is 0.107. The summed E-state index contributed by atoms with van der Waals surface area (Å²) in [6, 6.07) is 10.1. The van der Waals surface area contributed by atoms with Crippen LogP contribution in [0.3, 0.4) is 0 Å². The number of fused-ring (bicyclic) bond motifs is 2. The van der Waals surface area contributed by atoms with Gasteiger partial charge < -0.3 is 20.0 Å². The van der Waals surface area contributed by atoms with Crippen molar-refractivity contribution in [3.63, 3.8) is 0 Å². The number of carbonyl (C=O) groups is 2. The predicted octanol–water partition coefficient (Wildman–Crippen LogP) is 3.31. The van der Waals surface area contributed by atoms with Crippen molar-refractivity contribution in [3.05, 3.63) is 40.9 Å². The molecule has 2 heterocycles. The standard InChI is InChI=1S/C28H37N3O4S/c1-18(33)30-11-13-31(14-12-30)24(35)15-20-25-21(36-26(29-25)19-7-5-4-6-8-19)16-22-27(20,2)10-9-23(34)28(22,3)17-32/h4-8,20,22-23,32,34H,9-17H2,1-3H3. The maximum Gasteiger partial charge on any atom is 0.223 e. The van der Waals surface area contributed by atoms with Crippen molar-refractivity contribution in [2.45, 2.75) is 58.5 Å². The molecule has 3 aliphatic rings. The lowest BCUT2D eigenvalue weighted by atomic mass is 9.47. The molecule has 36 heavy (non-hydrogen) atoms. The van der Waals surface area contributed by atoms with Crippen molar-refractivity contribution in [2.75, 3.05) is 32.8 Å². The van der Waals surface area contributed by atoms with Gasteiger partial charge in [0.1, 0.15) is 5.01 Å². The van der Waals surface area contributed by atoms with Crippen LogP contribution in [0.2, 0.25) is 0 Å². The fourth-order valence-corrected chi connectivity index (χ4v) is 8.10. The molecule has 0 bridgehead atoms. The summed E-state index contributed by atoms with van der Waals surface area (Å²) in [6.45, 7) is 7.99. The number of carbonyl (C=O) groups excluding carboxylic acids is 2. The third-order valence-electron chi connectivity index (χ3n) is 9.37. The van der Waals surface area contributed by atoms with Gasteiger partial charge in [0.25, 0.3) is 0 Å². The quantitative estimate of drug-likeness (QED) is 0.657. The highest BCUT2D eigenvalue weighted by molar-refractivity contribution is 7.15. The van der Waals surface area contributed by atoms with E-state index in [4.69, 9.17) is 4.98 Å². The molecule has 1 aromatic heterocycles. The van der Waals surface area contributed by atoms with Crippen molar-refractivity contribution in [2.24, 2.45) is 16.7 Å². The molecule has 1 aliphatic heterocycles. The number of amides is 2. The molecule has 5 atom stereocenters. The van der Waals surface area contributed by atoms with Gasteiger partial charge in [-0.05, 0) is 30.6 Å². The van der Waals surface area contributed by atoms with E-state index in [1.807, 2.05) is 30.0 Å². The van der Waals surface area contributed by atoms with Crippen LogP contribution >= 0.6 is 11.3 Å². The summed E-state index contributed by atoms with van der Waals surface area (Å²) in [6.07, 6.45) is 1.95. The number of piperazine rings is 1. The second-order valence-electron chi connectivity index (χ2n) is 11.3. The van der Waals surface area contributed by atoms with Crippen LogP contribution in [0.1, 0.15) is 56.5 Å². The zero-order valence-corrected chi connectivity index (χ0v) is 22.3. The zero-order valence-electron chi connectivity index (χ0n) is 21.4. The van der Waals surface area contributed by atoms with Gasteiger partial charge in [-0.15, -0.1) is 11.3 Å². The minimum absolute atomic E-state index is 0.0442. The molecule has 0 radical (unpaired) electrons. The van der Waals surface area contributed by atoms with Gasteiger partial charge in [-0.25, -0.2) is 4.98 Å². The van der Waals surface area contributed by atoms with E-state index < -0.39 is 11.5 Å². The average Bonchev–Trinajstić information content (AvgIpc) is 3.32. The third-order valence-corrected chi connectivity index (χ3v) is 10.5. The first-order chi connectivity index (χ1) is 17.2. The second-order valence-corrected chi connectivity index (χ2v) is 12.4. The van der Waals surface area contributed by atoms with E-state index in [1.165, 1.54) is 4.88 Å². The van der Waals surface area contributed by atoms with E-state index in [1.54, 1.807) is 23.2 Å². The van der Waals surface area contributed by atoms with Gasteiger partial charge in [-0.2, -0.15) is 0 Å². The zero-order chi connectivity index (χ0) is 25.7. The number of nitrogens with zero attached hydrogens (tertiary/aromatic N) is 3. The lowest BCUT2D eigenvalue weighted by molar-refractivity contribution is -0.149. The molecule has 1 saturated heterocycles. The summed E-state index contributed by atoms with van der Waals surface area (Å²) in [4.78, 5) is 35.4. The van der Waals surface area contributed by atoms with Gasteiger partial charge >= 0.3 is 0 Å². The molecule has 0 spiro atoms. The Kier molecular flexibility index (Phi) is 6.72. The molecule has 8 heteroatoms. The number of aliphatic hydroxyl groups is 2. The average molecular weight is 512 g/mol. The van der Waals surface area contributed by atoms with Crippen molar-refractivity contribution >= 4 is 23.2 Å². The molecule has 2 amide bonds. The Bertz CT molecular complexity index is 1130. The second kappa shape index (κ2) is 9.54. The molecule has 2 aliphatic carbocycles. The Morgan fingerprint density at radius 1 is 1.11 bits per heavy atom. The van der Waals surface area contributed by atoms with Gasteiger partial charge in [0.15, 0.2) is 0 Å². The summed E-state index contributed by atoms with van der Waals surface area (Å²) in [7, 11) is 0. The predicted molar refractivity (Wildman–Crippen MR) is 139 cm³/mol. The highest BCUT2D eigenvalue weighted by Gasteiger charge is 2.59. The summed E-state index contributed by atoms with van der Waals surface area (Å²) in [5.41, 5.74) is 1.20. The molecule has 5 unspecified atom stereocenters. The molecule has 194 valence electrons. The Morgan fingerprint density at radius 2 is 1.78 bits per heavy atom. The van der Waals surface area contributed by atoms with E-state index in [-0.39, 0.29) is 35.7 Å². The minimum atomic E-state index is -0.629. The molecule has 2 N–H and O–H groups in total. The Hall–Kier alpha value is -2.29. The van der Waals surface area contributed by atoms with Crippen molar-refractivity contribution in [3.8, 4) is 10.6 Å². The van der Waals surface area contributed by atoms with Crippen molar-refractivity contribution < 1.29 is 19.8 Å². The lowest BCUT2D eigenvalue weighted by Crippen LogP contribution is -2.58. The number of aliphatic hydroxyl groups excluding tert-OH is 2. The third kappa shape index (κ3) is 4.17. The van der Waals surface area contributed by atoms with Gasteiger partial charge in [0.05, 0.1) is 18.4 Å². The van der Waals surface area contributed by atoms with Gasteiger partial charge in [-0.3, -0.25) is 9.59 Å². The van der Waals surface area contributed by atoms with Crippen LogP contribution in [0.5, 0.6) is 0 Å². The fourth-order valence-electron chi connectivity index (χ4n) is 6.92. The number of thiazole rings is 1. The van der Waals surface area contributed by atoms with E-state index in [9.17, 15) is 19.8 Å². The summed E-state index contributed by atoms with van der Waals surface area (Å²) >= 11 is 1.68. The Balaban J connectivity index is 1.50. The largest absolute Gasteiger partial charge is 0.396 e. The van der Waals surface area contributed by atoms with Gasteiger partial charge in [0, 0.05) is 61.3 Å². The molecule has 7 nitrogen and oxygen atoms in total. The van der Waals surface area contributed by atoms with Crippen LogP contribution in [0, 0.1) is 16.7 Å².